The van der Waals surface area contributed by atoms with Crippen LogP contribution in [0.4, 0.5) is 0 Å². The van der Waals surface area contributed by atoms with Crippen molar-refractivity contribution in [1.29, 1.82) is 0 Å². The summed E-state index contributed by atoms with van der Waals surface area (Å²) >= 11 is 0. The van der Waals surface area contributed by atoms with Crippen molar-refractivity contribution in [3.8, 4) is 0 Å². The van der Waals surface area contributed by atoms with E-state index in [2.05, 4.69) is 43.6 Å². The van der Waals surface area contributed by atoms with Gasteiger partial charge in [-0.2, -0.15) is 0 Å². The molecular formula is C17H25NO. The highest BCUT2D eigenvalue weighted by Gasteiger charge is 2.44. The monoisotopic (exact) mass is 259 g/mol. The number of rotatable bonds is 3. The van der Waals surface area contributed by atoms with Crippen molar-refractivity contribution < 1.29 is 4.74 Å². The lowest BCUT2D eigenvalue weighted by Gasteiger charge is -2.49. The Morgan fingerprint density at radius 3 is 2.74 bits per heavy atom. The fraction of sp³-hybridized carbons (Fsp3) is 0.647. The molecule has 2 aliphatic rings. The van der Waals surface area contributed by atoms with E-state index in [0.29, 0.717) is 12.0 Å². The smallest absolute Gasteiger partial charge is 0.0686 e. The van der Waals surface area contributed by atoms with Crippen LogP contribution < -0.4 is 5.32 Å². The molecule has 2 nitrogen and oxygen atoms in total. The van der Waals surface area contributed by atoms with Crippen molar-refractivity contribution >= 4 is 0 Å². The van der Waals surface area contributed by atoms with Crippen molar-refractivity contribution in [1.82, 2.24) is 5.32 Å². The minimum atomic E-state index is 0.237. The van der Waals surface area contributed by atoms with Crippen LogP contribution in [0.15, 0.2) is 24.3 Å². The molecule has 0 amide bonds. The van der Waals surface area contributed by atoms with Crippen LogP contribution in [0, 0.1) is 12.8 Å². The Balaban J connectivity index is 1.80. The molecule has 3 rings (SSSR count). The first-order valence-electron chi connectivity index (χ1n) is 7.61. The first-order chi connectivity index (χ1) is 9.24. The van der Waals surface area contributed by atoms with Crippen molar-refractivity contribution in [3.63, 3.8) is 0 Å². The highest BCUT2D eigenvalue weighted by atomic mass is 16.5. The molecule has 2 unspecified atom stereocenters. The Hall–Kier alpha value is -0.860. The minimum absolute atomic E-state index is 0.237. The number of hydrogen-bond acceptors (Lipinski definition) is 2. The second-order valence-electron chi connectivity index (χ2n) is 6.26. The third kappa shape index (κ3) is 2.44. The van der Waals surface area contributed by atoms with Crippen LogP contribution in [-0.4, -0.2) is 19.3 Å². The van der Waals surface area contributed by atoms with Crippen LogP contribution in [0.2, 0.25) is 0 Å². The summed E-state index contributed by atoms with van der Waals surface area (Å²) in [4.78, 5) is 0. The van der Waals surface area contributed by atoms with Gasteiger partial charge >= 0.3 is 0 Å². The molecule has 1 heterocycles. The Morgan fingerprint density at radius 2 is 2.11 bits per heavy atom. The van der Waals surface area contributed by atoms with Crippen LogP contribution in [0.5, 0.6) is 0 Å². The van der Waals surface area contributed by atoms with Crippen molar-refractivity contribution in [2.75, 3.05) is 13.7 Å². The van der Waals surface area contributed by atoms with Crippen LogP contribution in [-0.2, 0) is 4.74 Å². The molecule has 1 aromatic carbocycles. The summed E-state index contributed by atoms with van der Waals surface area (Å²) < 4.78 is 6.06. The summed E-state index contributed by atoms with van der Waals surface area (Å²) in [7, 11) is 2.10. The van der Waals surface area contributed by atoms with Gasteiger partial charge in [0.25, 0.3) is 0 Å². The Kier molecular flexibility index (Phi) is 3.64. The molecule has 2 atom stereocenters. The predicted molar refractivity (Wildman–Crippen MR) is 78.2 cm³/mol. The van der Waals surface area contributed by atoms with Gasteiger partial charge in [0.2, 0.25) is 0 Å². The molecule has 1 saturated heterocycles. The minimum Gasteiger partial charge on any atom is -0.375 e. The molecule has 0 bridgehead atoms. The number of benzene rings is 1. The molecule has 1 aliphatic carbocycles. The molecule has 2 fully saturated rings. The molecule has 2 heteroatoms. The van der Waals surface area contributed by atoms with Gasteiger partial charge in [-0.25, -0.2) is 0 Å². The third-order valence-corrected chi connectivity index (χ3v) is 5.10. The Bertz CT molecular complexity index is 439. The van der Waals surface area contributed by atoms with Crippen LogP contribution in [0.25, 0.3) is 0 Å². The molecule has 1 saturated carbocycles. The lowest BCUT2D eigenvalue weighted by molar-refractivity contribution is -0.147. The van der Waals surface area contributed by atoms with E-state index in [-0.39, 0.29) is 5.60 Å². The zero-order chi connectivity index (χ0) is 13.3. The van der Waals surface area contributed by atoms with E-state index in [1.165, 1.54) is 43.2 Å². The van der Waals surface area contributed by atoms with Gasteiger partial charge in [-0.15, -0.1) is 0 Å². The number of aryl methyl sites for hydroxylation is 1. The van der Waals surface area contributed by atoms with Gasteiger partial charge in [-0.3, -0.25) is 0 Å². The van der Waals surface area contributed by atoms with Gasteiger partial charge in [0.1, 0.15) is 0 Å². The van der Waals surface area contributed by atoms with Crippen molar-refractivity contribution in [2.24, 2.45) is 5.92 Å². The van der Waals surface area contributed by atoms with E-state index in [1.54, 1.807) is 0 Å². The average Bonchev–Trinajstić information content (AvgIpc) is 2.40. The Labute approximate surface area is 116 Å². The lowest BCUT2D eigenvalue weighted by Crippen LogP contribution is -2.47. The zero-order valence-corrected chi connectivity index (χ0v) is 12.1. The molecule has 1 N–H and O–H groups in total. The summed E-state index contributed by atoms with van der Waals surface area (Å²) in [6, 6.07) is 9.26. The summed E-state index contributed by atoms with van der Waals surface area (Å²) in [6.07, 6.45) is 6.30. The third-order valence-electron chi connectivity index (χ3n) is 5.10. The molecule has 0 aromatic heterocycles. The zero-order valence-electron chi connectivity index (χ0n) is 12.1. The molecule has 1 spiro atoms. The summed E-state index contributed by atoms with van der Waals surface area (Å²) in [5.74, 6) is 0.708. The highest BCUT2D eigenvalue weighted by Crippen LogP contribution is 2.47. The van der Waals surface area contributed by atoms with Gasteiger partial charge in [-0.1, -0.05) is 24.3 Å². The first kappa shape index (κ1) is 13.1. The second kappa shape index (κ2) is 5.26. The number of hydrogen-bond donors (Lipinski definition) is 1. The maximum atomic E-state index is 6.06. The average molecular weight is 259 g/mol. The number of ether oxygens (including phenoxy) is 1. The quantitative estimate of drug-likeness (QED) is 0.895. The van der Waals surface area contributed by atoms with Gasteiger partial charge in [0, 0.05) is 12.6 Å². The van der Waals surface area contributed by atoms with Gasteiger partial charge in [0.15, 0.2) is 0 Å². The first-order valence-corrected chi connectivity index (χ1v) is 7.61. The molecule has 1 aromatic rings. The fourth-order valence-electron chi connectivity index (χ4n) is 3.85. The van der Waals surface area contributed by atoms with E-state index >= 15 is 0 Å². The van der Waals surface area contributed by atoms with E-state index < -0.39 is 0 Å². The van der Waals surface area contributed by atoms with Gasteiger partial charge in [-0.05, 0) is 63.1 Å². The fourth-order valence-corrected chi connectivity index (χ4v) is 3.85. The van der Waals surface area contributed by atoms with Crippen LogP contribution in [0.3, 0.4) is 0 Å². The van der Waals surface area contributed by atoms with Crippen LogP contribution in [0.1, 0.15) is 49.3 Å². The summed E-state index contributed by atoms with van der Waals surface area (Å²) in [5, 5.41) is 3.56. The van der Waals surface area contributed by atoms with Gasteiger partial charge < -0.3 is 10.1 Å². The lowest BCUT2D eigenvalue weighted by atomic mass is 9.69. The van der Waals surface area contributed by atoms with Crippen molar-refractivity contribution in [2.45, 2.75) is 50.7 Å². The molecule has 0 radical (unpaired) electrons. The maximum Gasteiger partial charge on any atom is 0.0686 e. The molecular weight excluding hydrogens is 234 g/mol. The van der Waals surface area contributed by atoms with E-state index in [4.69, 9.17) is 4.74 Å². The molecule has 19 heavy (non-hydrogen) atoms. The predicted octanol–water partition coefficient (Wildman–Crippen LogP) is 3.60. The van der Waals surface area contributed by atoms with E-state index in [0.717, 1.165) is 6.61 Å². The maximum absolute atomic E-state index is 6.06. The van der Waals surface area contributed by atoms with E-state index in [9.17, 15) is 0 Å². The standard InChI is InChI=1S/C17H25NO/c1-13-6-3-4-7-15(13)16(18-2)14-8-11-19-17(12-14)9-5-10-17/h3-4,6-7,14,16,18H,5,8-12H2,1-2H3. The molecule has 104 valence electrons. The largest absolute Gasteiger partial charge is 0.375 e. The van der Waals surface area contributed by atoms with Gasteiger partial charge in [0.05, 0.1) is 5.60 Å². The Morgan fingerprint density at radius 1 is 1.32 bits per heavy atom. The topological polar surface area (TPSA) is 21.3 Å². The highest BCUT2D eigenvalue weighted by molar-refractivity contribution is 5.29. The number of nitrogens with one attached hydrogen (secondary N) is 1. The van der Waals surface area contributed by atoms with Crippen LogP contribution >= 0.6 is 0 Å². The second-order valence-corrected chi connectivity index (χ2v) is 6.26. The molecule has 1 aliphatic heterocycles. The van der Waals surface area contributed by atoms with Crippen molar-refractivity contribution in [3.05, 3.63) is 35.4 Å². The normalized spacial score (nSPS) is 26.9. The summed E-state index contributed by atoms with van der Waals surface area (Å²) in [6.45, 7) is 3.16. The summed E-state index contributed by atoms with van der Waals surface area (Å²) in [5.41, 5.74) is 3.10. The van der Waals surface area contributed by atoms with E-state index in [1.807, 2.05) is 0 Å². The SMILES string of the molecule is CNC(c1ccccc1C)C1CCOC2(CCC2)C1.